The molecule has 1 aromatic carbocycles. The van der Waals surface area contributed by atoms with E-state index in [1.807, 2.05) is 44.2 Å². The van der Waals surface area contributed by atoms with Gasteiger partial charge in [0.15, 0.2) is 5.75 Å². The molecule has 0 unspecified atom stereocenters. The molecule has 0 aliphatic heterocycles. The Morgan fingerprint density at radius 1 is 1.29 bits per heavy atom. The van der Waals surface area contributed by atoms with E-state index in [0.717, 1.165) is 11.3 Å². The molecule has 1 aliphatic carbocycles. The number of halogens is 1. The van der Waals surface area contributed by atoms with Crippen LogP contribution in [0.4, 0.5) is 11.4 Å². The Labute approximate surface area is 185 Å². The van der Waals surface area contributed by atoms with Crippen molar-refractivity contribution in [3.8, 4) is 5.75 Å². The molecule has 1 saturated carbocycles. The van der Waals surface area contributed by atoms with Crippen molar-refractivity contribution >= 4 is 28.9 Å². The van der Waals surface area contributed by atoms with Crippen molar-refractivity contribution in [3.05, 3.63) is 82.4 Å². The number of anilines is 1. The molecule has 2 heterocycles. The van der Waals surface area contributed by atoms with Crippen LogP contribution < -0.4 is 10.1 Å². The van der Waals surface area contributed by atoms with E-state index in [4.69, 9.17) is 22.9 Å². The maximum Gasteiger partial charge on any atom is 0.228 e. The lowest BCUT2D eigenvalue weighted by Crippen LogP contribution is -2.26. The number of aryl methyl sites for hydroxylation is 2. The van der Waals surface area contributed by atoms with E-state index in [1.54, 1.807) is 6.20 Å². The van der Waals surface area contributed by atoms with Crippen molar-refractivity contribution in [3.63, 3.8) is 0 Å². The van der Waals surface area contributed by atoms with E-state index in [-0.39, 0.29) is 22.7 Å². The first-order valence-electron chi connectivity index (χ1n) is 9.75. The van der Waals surface area contributed by atoms with Gasteiger partial charge in [-0.3, -0.25) is 9.78 Å². The van der Waals surface area contributed by atoms with Gasteiger partial charge in [0.25, 0.3) is 0 Å². The zero-order valence-corrected chi connectivity index (χ0v) is 17.8. The molecule has 31 heavy (non-hydrogen) atoms. The Bertz CT molecular complexity index is 1180. The summed E-state index contributed by atoms with van der Waals surface area (Å²) in [6.07, 6.45) is 3.76. The van der Waals surface area contributed by atoms with Gasteiger partial charge in [-0.2, -0.15) is 0 Å². The van der Waals surface area contributed by atoms with Gasteiger partial charge in [-0.25, -0.2) is 14.8 Å². The van der Waals surface area contributed by atoms with Gasteiger partial charge in [0.05, 0.1) is 31.0 Å². The van der Waals surface area contributed by atoms with Gasteiger partial charge < -0.3 is 10.1 Å². The van der Waals surface area contributed by atoms with Crippen molar-refractivity contribution in [2.24, 2.45) is 5.92 Å². The summed E-state index contributed by atoms with van der Waals surface area (Å²) in [6, 6.07) is 11.4. The Kier molecular flexibility index (Phi) is 5.57. The fraction of sp³-hybridized carbons (Fsp3) is 0.261. The maximum absolute atomic E-state index is 13.0. The minimum Gasteiger partial charge on any atom is -0.489 e. The van der Waals surface area contributed by atoms with E-state index < -0.39 is 5.41 Å². The topological polar surface area (TPSA) is 81.4 Å². The highest BCUT2D eigenvalue weighted by molar-refractivity contribution is 6.32. The molecule has 1 fully saturated rings. The Hall–Kier alpha value is -3.50. The zero-order chi connectivity index (χ0) is 22.0. The van der Waals surface area contributed by atoms with Crippen molar-refractivity contribution < 1.29 is 9.53 Å². The number of hydrogen-bond acceptors (Lipinski definition) is 5. The van der Waals surface area contributed by atoms with Gasteiger partial charge >= 0.3 is 0 Å². The number of benzene rings is 1. The number of nitrogens with one attached hydrogen (secondary N) is 1. The Morgan fingerprint density at radius 2 is 2.06 bits per heavy atom. The van der Waals surface area contributed by atoms with E-state index in [9.17, 15) is 4.79 Å². The van der Waals surface area contributed by atoms with Crippen LogP contribution in [0.5, 0.6) is 5.75 Å². The lowest BCUT2D eigenvalue weighted by atomic mass is 9.93. The summed E-state index contributed by atoms with van der Waals surface area (Å²) in [6.45, 7) is 11.2. The molecule has 8 heteroatoms. The zero-order valence-electron chi connectivity index (χ0n) is 17.1. The van der Waals surface area contributed by atoms with Crippen LogP contribution in [-0.2, 0) is 10.2 Å². The smallest absolute Gasteiger partial charge is 0.228 e. The lowest BCUT2D eigenvalue weighted by Gasteiger charge is -2.19. The number of carbonyl (C=O) groups is 1. The fourth-order valence-electron chi connectivity index (χ4n) is 3.71. The summed E-state index contributed by atoms with van der Waals surface area (Å²) in [5, 5.41) is 2.98. The minimum atomic E-state index is -0.453. The predicted molar refractivity (Wildman–Crippen MR) is 117 cm³/mol. The normalized spacial score (nSPS) is 19.4. The van der Waals surface area contributed by atoms with Crippen molar-refractivity contribution in [2.75, 3.05) is 11.9 Å². The second-order valence-corrected chi connectivity index (χ2v) is 7.93. The number of carbonyl (C=O) groups excluding carboxylic acids is 1. The highest BCUT2D eigenvalue weighted by atomic mass is 35.5. The molecular weight excluding hydrogens is 414 g/mol. The molecule has 0 bridgehead atoms. The van der Waals surface area contributed by atoms with Crippen LogP contribution in [0.3, 0.4) is 0 Å². The number of pyridine rings is 1. The molecule has 1 amide bonds. The second kappa shape index (κ2) is 8.32. The van der Waals surface area contributed by atoms with Crippen LogP contribution in [0.15, 0.2) is 48.8 Å². The highest BCUT2D eigenvalue weighted by Gasteiger charge is 2.60. The average Bonchev–Trinajstić information content (AvgIpc) is 3.51. The largest absolute Gasteiger partial charge is 0.489 e. The summed E-state index contributed by atoms with van der Waals surface area (Å²) in [4.78, 5) is 28.9. The van der Waals surface area contributed by atoms with Crippen molar-refractivity contribution in [2.45, 2.75) is 25.7 Å². The number of ether oxygens (including phenoxy) is 1. The van der Waals surface area contributed by atoms with Gasteiger partial charge in [-0.1, -0.05) is 41.9 Å². The molecule has 0 saturated heterocycles. The Balaban J connectivity index is 1.55. The molecule has 0 radical (unpaired) electrons. The van der Waals surface area contributed by atoms with Crippen molar-refractivity contribution in [1.29, 1.82) is 0 Å². The van der Waals surface area contributed by atoms with Gasteiger partial charge in [-0.05, 0) is 31.9 Å². The van der Waals surface area contributed by atoms with Crippen LogP contribution in [0.2, 0.25) is 5.15 Å². The van der Waals surface area contributed by atoms with E-state index in [0.29, 0.717) is 30.3 Å². The van der Waals surface area contributed by atoms with Crippen LogP contribution in [0.1, 0.15) is 23.5 Å². The van der Waals surface area contributed by atoms with E-state index in [2.05, 4.69) is 25.1 Å². The molecule has 3 aromatic rings. The van der Waals surface area contributed by atoms with Gasteiger partial charge in [0, 0.05) is 17.3 Å². The van der Waals surface area contributed by atoms with Crippen LogP contribution in [0.25, 0.3) is 4.85 Å². The number of nitrogens with zero attached hydrogens (tertiary/aromatic N) is 4. The molecule has 2 aromatic heterocycles. The second-order valence-electron chi connectivity index (χ2n) is 7.57. The molecule has 1 aliphatic rings. The van der Waals surface area contributed by atoms with Crippen LogP contribution >= 0.6 is 11.6 Å². The standard InChI is InChI=1S/C23H20ClN5O2/c1-14-20(12-26-15(2)28-14)31-13-23(16-7-5-4-6-8-16)10-18(23)22(30)29-17-9-19(25-3)21(24)27-11-17/h4-9,11-12,18H,10,13H2,1-2H3,(H,29,30)/t18-,23+/m0/s1. The number of amides is 1. The summed E-state index contributed by atoms with van der Waals surface area (Å²) in [7, 11) is 0. The first-order chi connectivity index (χ1) is 14.9. The van der Waals surface area contributed by atoms with Gasteiger partial charge in [0.2, 0.25) is 11.6 Å². The quantitative estimate of drug-likeness (QED) is 0.451. The minimum absolute atomic E-state index is 0.113. The summed E-state index contributed by atoms with van der Waals surface area (Å²) in [5.74, 6) is 0.857. The first kappa shape index (κ1) is 20.8. The highest BCUT2D eigenvalue weighted by Crippen LogP contribution is 2.55. The third-order valence-corrected chi connectivity index (χ3v) is 5.78. The summed E-state index contributed by atoms with van der Waals surface area (Å²) >= 11 is 5.89. The maximum atomic E-state index is 13.0. The SMILES string of the molecule is [C-]#[N+]c1cc(NC(=O)[C@@H]2C[C@@]2(COc2cnc(C)nc2C)c2ccccc2)cnc1Cl. The number of rotatable bonds is 6. The monoisotopic (exact) mass is 433 g/mol. The van der Waals surface area contributed by atoms with Crippen molar-refractivity contribution in [1.82, 2.24) is 15.0 Å². The molecule has 0 spiro atoms. The summed E-state index contributed by atoms with van der Waals surface area (Å²) in [5.41, 5.74) is 1.99. The van der Waals surface area contributed by atoms with E-state index >= 15 is 0 Å². The fourth-order valence-corrected chi connectivity index (χ4v) is 3.86. The molecule has 156 valence electrons. The third-order valence-electron chi connectivity index (χ3n) is 5.49. The molecule has 1 N–H and O–H groups in total. The van der Waals surface area contributed by atoms with Crippen LogP contribution in [-0.4, -0.2) is 27.5 Å². The molecular formula is C23H20ClN5O2. The molecule has 4 rings (SSSR count). The van der Waals surface area contributed by atoms with Crippen LogP contribution in [0, 0.1) is 26.3 Å². The van der Waals surface area contributed by atoms with E-state index in [1.165, 1.54) is 12.3 Å². The first-order valence-corrected chi connectivity index (χ1v) is 10.1. The average molecular weight is 434 g/mol. The molecule has 7 nitrogen and oxygen atoms in total. The predicted octanol–water partition coefficient (Wildman–Crippen LogP) is 4.67. The van der Waals surface area contributed by atoms with Gasteiger partial charge in [-0.15, -0.1) is 0 Å². The summed E-state index contributed by atoms with van der Waals surface area (Å²) < 4.78 is 6.08. The lowest BCUT2D eigenvalue weighted by molar-refractivity contribution is -0.117. The Morgan fingerprint density at radius 3 is 2.77 bits per heavy atom. The van der Waals surface area contributed by atoms with Gasteiger partial charge in [0.1, 0.15) is 11.0 Å². The number of hydrogen-bond donors (Lipinski definition) is 1. The third kappa shape index (κ3) is 4.21. The molecule has 2 atom stereocenters. The number of aromatic nitrogens is 3.